The summed E-state index contributed by atoms with van der Waals surface area (Å²) < 4.78 is 4.66. The Morgan fingerprint density at radius 1 is 1.64 bits per heavy atom. The van der Waals surface area contributed by atoms with Gasteiger partial charge in [0.15, 0.2) is 0 Å². The molecule has 0 bridgehead atoms. The first-order valence-electron chi connectivity index (χ1n) is 5.23. The molecule has 0 radical (unpaired) electrons. The molecule has 1 fully saturated rings. The van der Waals surface area contributed by atoms with Crippen molar-refractivity contribution in [3.63, 3.8) is 0 Å². The zero-order chi connectivity index (χ0) is 10.6. The summed E-state index contributed by atoms with van der Waals surface area (Å²) in [5.74, 6) is 0.315. The minimum absolute atomic E-state index is 0.201. The van der Waals surface area contributed by atoms with Gasteiger partial charge < -0.3 is 15.8 Å². The van der Waals surface area contributed by atoms with Crippen LogP contribution in [0.3, 0.4) is 0 Å². The van der Waals surface area contributed by atoms with Crippen molar-refractivity contribution in [3.05, 3.63) is 0 Å². The topological polar surface area (TPSA) is 64.3 Å². The lowest BCUT2D eigenvalue weighted by Gasteiger charge is -2.22. The summed E-state index contributed by atoms with van der Waals surface area (Å²) in [5, 5.41) is 3.28. The van der Waals surface area contributed by atoms with Crippen molar-refractivity contribution in [1.29, 1.82) is 0 Å². The molecule has 0 amide bonds. The highest BCUT2D eigenvalue weighted by Gasteiger charge is 2.28. The van der Waals surface area contributed by atoms with Gasteiger partial charge in [0.1, 0.15) is 6.04 Å². The summed E-state index contributed by atoms with van der Waals surface area (Å²) >= 11 is 0. The van der Waals surface area contributed by atoms with Crippen molar-refractivity contribution in [2.24, 2.45) is 11.7 Å². The van der Waals surface area contributed by atoms with Crippen molar-refractivity contribution in [3.8, 4) is 0 Å². The van der Waals surface area contributed by atoms with Gasteiger partial charge in [-0.15, -0.1) is 0 Å². The van der Waals surface area contributed by atoms with E-state index in [9.17, 15) is 4.79 Å². The highest BCUT2D eigenvalue weighted by atomic mass is 16.5. The number of nitrogens with one attached hydrogen (secondary N) is 1. The first kappa shape index (κ1) is 11.5. The maximum absolute atomic E-state index is 11.2. The maximum Gasteiger partial charge on any atom is 0.322 e. The van der Waals surface area contributed by atoms with Gasteiger partial charge >= 0.3 is 5.97 Å². The number of esters is 1. The number of carbonyl (C=O) groups is 1. The second-order valence-electron chi connectivity index (χ2n) is 3.94. The molecular formula is C10H20N2O2. The van der Waals surface area contributed by atoms with Crippen LogP contribution in [0.15, 0.2) is 0 Å². The van der Waals surface area contributed by atoms with Gasteiger partial charge in [-0.1, -0.05) is 6.42 Å². The van der Waals surface area contributed by atoms with Gasteiger partial charge in [-0.3, -0.25) is 4.79 Å². The molecule has 3 unspecified atom stereocenters. The molecule has 1 rings (SSSR count). The summed E-state index contributed by atoms with van der Waals surface area (Å²) in [6.07, 6.45) is 3.48. The molecule has 0 heterocycles. The normalized spacial score (nSPS) is 28.8. The van der Waals surface area contributed by atoms with Gasteiger partial charge in [-0.05, 0) is 32.2 Å². The maximum atomic E-state index is 11.2. The summed E-state index contributed by atoms with van der Waals surface area (Å²) in [7, 11) is 1.41. The molecule has 0 aromatic heterocycles. The third kappa shape index (κ3) is 2.69. The molecule has 0 aromatic rings. The van der Waals surface area contributed by atoms with E-state index in [4.69, 9.17) is 5.73 Å². The van der Waals surface area contributed by atoms with Gasteiger partial charge in [-0.25, -0.2) is 0 Å². The van der Waals surface area contributed by atoms with Crippen LogP contribution in [0, 0.1) is 5.92 Å². The number of methoxy groups -OCH3 is 1. The van der Waals surface area contributed by atoms with Gasteiger partial charge in [0.25, 0.3) is 0 Å². The van der Waals surface area contributed by atoms with Crippen LogP contribution >= 0.6 is 0 Å². The van der Waals surface area contributed by atoms with E-state index >= 15 is 0 Å². The minimum Gasteiger partial charge on any atom is -0.468 e. The fourth-order valence-corrected chi connectivity index (χ4v) is 2.10. The number of rotatable bonds is 4. The minimum atomic E-state index is -0.225. The third-order valence-corrected chi connectivity index (χ3v) is 2.98. The van der Waals surface area contributed by atoms with E-state index in [0.29, 0.717) is 18.5 Å². The van der Waals surface area contributed by atoms with E-state index < -0.39 is 0 Å². The summed E-state index contributed by atoms with van der Waals surface area (Å²) in [4.78, 5) is 11.2. The van der Waals surface area contributed by atoms with Crippen LogP contribution in [0.5, 0.6) is 0 Å². The summed E-state index contributed by atoms with van der Waals surface area (Å²) in [6.45, 7) is 2.53. The van der Waals surface area contributed by atoms with E-state index in [0.717, 1.165) is 6.42 Å². The monoisotopic (exact) mass is 200 g/mol. The molecule has 4 heteroatoms. The average Bonchev–Trinajstić information content (AvgIpc) is 2.63. The smallest absolute Gasteiger partial charge is 0.322 e. The Hall–Kier alpha value is -0.610. The van der Waals surface area contributed by atoms with Crippen molar-refractivity contribution in [2.45, 2.75) is 38.3 Å². The zero-order valence-corrected chi connectivity index (χ0v) is 8.95. The van der Waals surface area contributed by atoms with Gasteiger partial charge in [0.2, 0.25) is 0 Å². The van der Waals surface area contributed by atoms with Crippen LogP contribution in [0.1, 0.15) is 26.2 Å². The number of hydrogen-bond acceptors (Lipinski definition) is 4. The molecular weight excluding hydrogens is 180 g/mol. The van der Waals surface area contributed by atoms with Crippen LogP contribution in [-0.2, 0) is 9.53 Å². The molecule has 1 saturated carbocycles. The SMILES string of the molecule is COC(=O)C(C)NC1CCCC1CN. The molecule has 0 saturated heterocycles. The van der Waals surface area contributed by atoms with Crippen molar-refractivity contribution >= 4 is 5.97 Å². The van der Waals surface area contributed by atoms with Crippen LogP contribution in [0.2, 0.25) is 0 Å². The molecule has 0 aliphatic heterocycles. The quantitative estimate of drug-likeness (QED) is 0.639. The Bertz CT molecular complexity index is 197. The Kier molecular flexibility index (Phi) is 4.35. The molecule has 0 spiro atoms. The Morgan fingerprint density at radius 2 is 2.36 bits per heavy atom. The first-order chi connectivity index (χ1) is 6.69. The van der Waals surface area contributed by atoms with Crippen LogP contribution in [0.4, 0.5) is 0 Å². The van der Waals surface area contributed by atoms with E-state index in [-0.39, 0.29) is 12.0 Å². The summed E-state index contributed by atoms with van der Waals surface area (Å²) in [5.41, 5.74) is 5.65. The predicted octanol–water partition coefficient (Wildman–Crippen LogP) is 0.265. The number of ether oxygens (including phenoxy) is 1. The Labute approximate surface area is 85.2 Å². The van der Waals surface area contributed by atoms with Crippen molar-refractivity contribution in [1.82, 2.24) is 5.32 Å². The van der Waals surface area contributed by atoms with Crippen molar-refractivity contribution in [2.75, 3.05) is 13.7 Å². The second kappa shape index (κ2) is 5.32. The van der Waals surface area contributed by atoms with E-state index in [2.05, 4.69) is 10.1 Å². The average molecular weight is 200 g/mol. The van der Waals surface area contributed by atoms with Crippen molar-refractivity contribution < 1.29 is 9.53 Å². The zero-order valence-electron chi connectivity index (χ0n) is 8.95. The number of nitrogens with two attached hydrogens (primary N) is 1. The lowest BCUT2D eigenvalue weighted by Crippen LogP contribution is -2.45. The van der Waals surface area contributed by atoms with Gasteiger partial charge in [0, 0.05) is 6.04 Å². The van der Waals surface area contributed by atoms with Gasteiger partial charge in [0.05, 0.1) is 7.11 Å². The van der Waals surface area contributed by atoms with Crippen LogP contribution in [0.25, 0.3) is 0 Å². The van der Waals surface area contributed by atoms with E-state index in [1.54, 1.807) is 0 Å². The number of hydrogen-bond donors (Lipinski definition) is 2. The third-order valence-electron chi connectivity index (χ3n) is 2.98. The lowest BCUT2D eigenvalue weighted by atomic mass is 10.0. The molecule has 14 heavy (non-hydrogen) atoms. The van der Waals surface area contributed by atoms with Gasteiger partial charge in [-0.2, -0.15) is 0 Å². The first-order valence-corrected chi connectivity index (χ1v) is 5.23. The Morgan fingerprint density at radius 3 is 2.93 bits per heavy atom. The second-order valence-corrected chi connectivity index (χ2v) is 3.94. The van der Waals surface area contributed by atoms with Crippen LogP contribution < -0.4 is 11.1 Å². The molecule has 0 aromatic carbocycles. The number of carbonyl (C=O) groups excluding carboxylic acids is 1. The fourth-order valence-electron chi connectivity index (χ4n) is 2.10. The molecule has 3 atom stereocenters. The highest BCUT2D eigenvalue weighted by molar-refractivity contribution is 5.75. The summed E-state index contributed by atoms with van der Waals surface area (Å²) in [6, 6.07) is 0.159. The Balaban J connectivity index is 2.39. The standard InChI is InChI=1S/C10H20N2O2/c1-7(10(13)14-2)12-9-5-3-4-8(9)6-11/h7-9,12H,3-6,11H2,1-2H3. The molecule has 3 N–H and O–H groups in total. The molecule has 1 aliphatic rings. The molecule has 4 nitrogen and oxygen atoms in total. The van der Waals surface area contributed by atoms with Crippen LogP contribution in [-0.4, -0.2) is 31.7 Å². The largest absolute Gasteiger partial charge is 0.468 e. The predicted molar refractivity (Wildman–Crippen MR) is 54.8 cm³/mol. The molecule has 1 aliphatic carbocycles. The fraction of sp³-hybridized carbons (Fsp3) is 0.900. The van der Waals surface area contributed by atoms with E-state index in [1.165, 1.54) is 20.0 Å². The lowest BCUT2D eigenvalue weighted by molar-refractivity contribution is -0.142. The van der Waals surface area contributed by atoms with E-state index in [1.807, 2.05) is 6.92 Å². The molecule has 82 valence electrons. The highest BCUT2D eigenvalue weighted by Crippen LogP contribution is 2.24.